The highest BCUT2D eigenvalue weighted by Crippen LogP contribution is 2.28. The van der Waals surface area contributed by atoms with Crippen LogP contribution in [-0.4, -0.2) is 53.8 Å². The Labute approximate surface area is 120 Å². The van der Waals surface area contributed by atoms with Crippen LogP contribution in [0.1, 0.15) is 45.4 Å². The highest BCUT2D eigenvalue weighted by Gasteiger charge is 2.38. The van der Waals surface area contributed by atoms with Gasteiger partial charge >= 0.3 is 5.97 Å². The monoisotopic (exact) mass is 304 g/mol. The van der Waals surface area contributed by atoms with E-state index in [-0.39, 0.29) is 12.6 Å². The predicted molar refractivity (Wildman–Crippen MR) is 75.5 cm³/mol. The normalized spacial score (nSPS) is 26.2. The van der Waals surface area contributed by atoms with Crippen LogP contribution in [0.4, 0.5) is 0 Å². The summed E-state index contributed by atoms with van der Waals surface area (Å²) in [5, 5.41) is 9.09. The smallest absolute Gasteiger partial charge is 0.307 e. The standard InChI is InChI=1S/C13H24N2O4S/c1-2-15(12-7-3-4-8-12)20(18,19)14-9-5-6-11(10-14)13(16)17/h11-12H,2-10H2,1H3,(H,16,17). The summed E-state index contributed by atoms with van der Waals surface area (Å²) >= 11 is 0. The van der Waals surface area contributed by atoms with Crippen LogP contribution in [0.25, 0.3) is 0 Å². The van der Waals surface area contributed by atoms with Gasteiger partial charge in [-0.2, -0.15) is 17.0 Å². The zero-order chi connectivity index (χ0) is 14.8. The van der Waals surface area contributed by atoms with Crippen LogP contribution in [0.15, 0.2) is 0 Å². The van der Waals surface area contributed by atoms with E-state index in [0.29, 0.717) is 25.9 Å². The summed E-state index contributed by atoms with van der Waals surface area (Å²) in [7, 11) is -3.52. The number of carboxylic acids is 1. The lowest BCUT2D eigenvalue weighted by atomic mass is 10.0. The maximum Gasteiger partial charge on any atom is 0.307 e. The SMILES string of the molecule is CCN(C1CCCC1)S(=O)(=O)N1CCCC(C(=O)O)C1. The minimum Gasteiger partial charge on any atom is -0.481 e. The fraction of sp³-hybridized carbons (Fsp3) is 0.923. The van der Waals surface area contributed by atoms with Gasteiger partial charge in [0.05, 0.1) is 5.92 Å². The van der Waals surface area contributed by atoms with Gasteiger partial charge in [-0.15, -0.1) is 0 Å². The van der Waals surface area contributed by atoms with Crippen LogP contribution in [0, 0.1) is 5.92 Å². The highest BCUT2D eigenvalue weighted by atomic mass is 32.2. The second-order valence-corrected chi connectivity index (χ2v) is 7.57. The van der Waals surface area contributed by atoms with Gasteiger partial charge in [0.25, 0.3) is 10.2 Å². The van der Waals surface area contributed by atoms with Gasteiger partial charge in [0.15, 0.2) is 0 Å². The van der Waals surface area contributed by atoms with Gasteiger partial charge in [-0.25, -0.2) is 0 Å². The molecule has 0 amide bonds. The molecule has 7 heteroatoms. The number of rotatable bonds is 5. The molecule has 2 aliphatic rings. The van der Waals surface area contributed by atoms with E-state index in [2.05, 4.69) is 0 Å². The van der Waals surface area contributed by atoms with Crippen molar-refractivity contribution >= 4 is 16.2 Å². The molecule has 1 N–H and O–H groups in total. The molecule has 1 aliphatic carbocycles. The Morgan fingerprint density at radius 3 is 2.45 bits per heavy atom. The van der Waals surface area contributed by atoms with Crippen molar-refractivity contribution in [2.24, 2.45) is 5.92 Å². The molecule has 1 heterocycles. The fourth-order valence-corrected chi connectivity index (χ4v) is 5.24. The molecule has 6 nitrogen and oxygen atoms in total. The second-order valence-electron chi connectivity index (χ2n) is 5.68. The van der Waals surface area contributed by atoms with Crippen LogP contribution in [0.2, 0.25) is 0 Å². The number of carboxylic acid groups (broad SMARTS) is 1. The third kappa shape index (κ3) is 3.15. The van der Waals surface area contributed by atoms with E-state index < -0.39 is 22.1 Å². The Morgan fingerprint density at radius 1 is 1.25 bits per heavy atom. The van der Waals surface area contributed by atoms with Crippen molar-refractivity contribution in [1.29, 1.82) is 0 Å². The average molecular weight is 304 g/mol. The molecule has 1 saturated heterocycles. The third-order valence-electron chi connectivity index (χ3n) is 4.40. The lowest BCUT2D eigenvalue weighted by Gasteiger charge is -2.36. The van der Waals surface area contributed by atoms with Crippen molar-refractivity contribution in [2.45, 2.75) is 51.5 Å². The number of aliphatic carboxylic acids is 1. The molecule has 116 valence electrons. The predicted octanol–water partition coefficient (Wildman–Crippen LogP) is 1.29. The molecule has 1 aliphatic heterocycles. The Hall–Kier alpha value is -0.660. The van der Waals surface area contributed by atoms with Crippen LogP contribution in [0.3, 0.4) is 0 Å². The summed E-state index contributed by atoms with van der Waals surface area (Å²) in [5.74, 6) is -1.46. The number of hydrogen-bond acceptors (Lipinski definition) is 3. The van der Waals surface area contributed by atoms with Crippen LogP contribution < -0.4 is 0 Å². The van der Waals surface area contributed by atoms with Crippen LogP contribution in [0.5, 0.6) is 0 Å². The summed E-state index contributed by atoms with van der Waals surface area (Å²) < 4.78 is 28.4. The number of nitrogens with zero attached hydrogens (tertiary/aromatic N) is 2. The number of carbonyl (C=O) groups is 1. The van der Waals surface area contributed by atoms with Gasteiger partial charge < -0.3 is 5.11 Å². The van der Waals surface area contributed by atoms with Crippen LogP contribution >= 0.6 is 0 Å². The van der Waals surface area contributed by atoms with E-state index in [1.807, 2.05) is 6.92 Å². The summed E-state index contributed by atoms with van der Waals surface area (Å²) in [4.78, 5) is 11.1. The zero-order valence-corrected chi connectivity index (χ0v) is 12.8. The summed E-state index contributed by atoms with van der Waals surface area (Å²) in [6.45, 7) is 2.87. The van der Waals surface area contributed by atoms with Gasteiger partial charge in [-0.1, -0.05) is 19.8 Å². The fourth-order valence-electron chi connectivity index (χ4n) is 3.30. The first-order chi connectivity index (χ1) is 9.46. The first-order valence-corrected chi connectivity index (χ1v) is 8.86. The molecule has 0 spiro atoms. The van der Waals surface area contributed by atoms with Crippen molar-refractivity contribution in [2.75, 3.05) is 19.6 Å². The summed E-state index contributed by atoms with van der Waals surface area (Å²) in [5.41, 5.74) is 0. The molecule has 1 unspecified atom stereocenters. The highest BCUT2D eigenvalue weighted by molar-refractivity contribution is 7.86. The van der Waals surface area contributed by atoms with E-state index in [4.69, 9.17) is 5.11 Å². The Morgan fingerprint density at radius 2 is 1.90 bits per heavy atom. The average Bonchev–Trinajstić information content (AvgIpc) is 2.93. The van der Waals surface area contributed by atoms with Gasteiger partial charge in [-0.3, -0.25) is 4.79 Å². The Kier molecular flexibility index (Phi) is 5.04. The lowest BCUT2D eigenvalue weighted by molar-refractivity contribution is -0.142. The topological polar surface area (TPSA) is 77.9 Å². The van der Waals surface area contributed by atoms with Gasteiger partial charge in [0.2, 0.25) is 0 Å². The summed E-state index contributed by atoms with van der Waals surface area (Å²) in [6, 6.07) is 0.0928. The van der Waals surface area contributed by atoms with Crippen LogP contribution in [-0.2, 0) is 15.0 Å². The van der Waals surface area contributed by atoms with Crippen molar-refractivity contribution in [3.05, 3.63) is 0 Å². The zero-order valence-electron chi connectivity index (χ0n) is 12.0. The third-order valence-corrected chi connectivity index (χ3v) is 6.53. The molecule has 20 heavy (non-hydrogen) atoms. The number of piperidine rings is 1. The van der Waals surface area contributed by atoms with E-state index in [0.717, 1.165) is 25.7 Å². The molecule has 2 rings (SSSR count). The molecular formula is C13H24N2O4S. The lowest BCUT2D eigenvalue weighted by Crippen LogP contribution is -2.51. The van der Waals surface area contributed by atoms with Crippen molar-refractivity contribution in [1.82, 2.24) is 8.61 Å². The summed E-state index contributed by atoms with van der Waals surface area (Å²) in [6.07, 6.45) is 5.19. The largest absolute Gasteiger partial charge is 0.481 e. The molecule has 0 bridgehead atoms. The van der Waals surface area contributed by atoms with Gasteiger partial charge in [0, 0.05) is 25.7 Å². The first-order valence-electron chi connectivity index (χ1n) is 7.46. The van der Waals surface area contributed by atoms with E-state index in [9.17, 15) is 13.2 Å². The minimum absolute atomic E-state index is 0.0928. The molecule has 0 radical (unpaired) electrons. The molecule has 0 aromatic carbocycles. The maximum absolute atomic E-state index is 12.7. The number of hydrogen-bond donors (Lipinski definition) is 1. The molecule has 0 aromatic rings. The molecular weight excluding hydrogens is 280 g/mol. The Balaban J connectivity index is 2.13. The van der Waals surface area contributed by atoms with Crippen molar-refractivity contribution in [3.8, 4) is 0 Å². The Bertz CT molecular complexity index is 445. The first kappa shape index (κ1) is 15.7. The minimum atomic E-state index is -3.52. The van der Waals surface area contributed by atoms with Gasteiger partial charge in [0.1, 0.15) is 0 Å². The molecule has 0 aromatic heterocycles. The maximum atomic E-state index is 12.7. The van der Waals surface area contributed by atoms with E-state index in [1.165, 1.54) is 4.31 Å². The van der Waals surface area contributed by atoms with E-state index >= 15 is 0 Å². The van der Waals surface area contributed by atoms with Gasteiger partial charge in [-0.05, 0) is 25.7 Å². The van der Waals surface area contributed by atoms with E-state index in [1.54, 1.807) is 4.31 Å². The van der Waals surface area contributed by atoms with Crippen molar-refractivity contribution in [3.63, 3.8) is 0 Å². The molecule has 2 fully saturated rings. The second kappa shape index (κ2) is 6.41. The molecule has 1 saturated carbocycles. The quantitative estimate of drug-likeness (QED) is 0.830. The van der Waals surface area contributed by atoms with Crippen molar-refractivity contribution < 1.29 is 18.3 Å². The molecule has 1 atom stereocenters.